The zero-order valence-electron chi connectivity index (χ0n) is 6.47. The van der Waals surface area contributed by atoms with Gasteiger partial charge in [-0.05, 0) is 0 Å². The molecule has 2 aliphatic rings. The fourth-order valence-electron chi connectivity index (χ4n) is 1.78. The smallest absolute Gasteiger partial charge is 0.343 e. The molecule has 0 bridgehead atoms. The molecule has 4 nitrogen and oxygen atoms in total. The van der Waals surface area contributed by atoms with E-state index in [9.17, 15) is 9.18 Å². The van der Waals surface area contributed by atoms with E-state index in [1.165, 1.54) is 0 Å². The molecule has 0 amide bonds. The van der Waals surface area contributed by atoms with Crippen LogP contribution in [0.25, 0.3) is 0 Å². The highest BCUT2D eigenvalue weighted by atomic mass is 19.1. The van der Waals surface area contributed by atoms with E-state index in [1.807, 2.05) is 0 Å². The number of carboxylic acid groups (broad SMARTS) is 1. The molecule has 0 aromatic carbocycles. The van der Waals surface area contributed by atoms with Crippen LogP contribution in [0, 0.1) is 5.41 Å². The second-order valence-electron chi connectivity index (χ2n) is 3.48. The van der Waals surface area contributed by atoms with Gasteiger partial charge in [0.2, 0.25) is 5.67 Å². The number of ether oxygens (including phenoxy) is 1. The first-order chi connectivity index (χ1) is 5.61. The summed E-state index contributed by atoms with van der Waals surface area (Å²) in [6.45, 7) is 0.715. The maximum absolute atomic E-state index is 13.8. The molecule has 68 valence electrons. The summed E-state index contributed by atoms with van der Waals surface area (Å²) in [5.41, 5.74) is -2.94. The predicted octanol–water partition coefficient (Wildman–Crippen LogP) is -0.601. The highest BCUT2D eigenvalue weighted by Crippen LogP contribution is 2.44. The highest BCUT2D eigenvalue weighted by molar-refractivity contribution is 5.80. The van der Waals surface area contributed by atoms with E-state index in [0.717, 1.165) is 0 Å². The van der Waals surface area contributed by atoms with Crippen molar-refractivity contribution in [3.63, 3.8) is 0 Å². The van der Waals surface area contributed by atoms with Crippen molar-refractivity contribution in [2.75, 3.05) is 26.3 Å². The first-order valence-electron chi connectivity index (χ1n) is 3.82. The summed E-state index contributed by atoms with van der Waals surface area (Å²) in [6.07, 6.45) is 0. The Hall–Kier alpha value is -0.680. The van der Waals surface area contributed by atoms with Gasteiger partial charge in [-0.1, -0.05) is 0 Å². The van der Waals surface area contributed by atoms with E-state index in [-0.39, 0.29) is 19.8 Å². The molecule has 2 fully saturated rings. The zero-order valence-corrected chi connectivity index (χ0v) is 6.47. The lowest BCUT2D eigenvalue weighted by molar-refractivity contribution is -0.192. The molecule has 1 spiro atoms. The first kappa shape index (κ1) is 7.94. The summed E-state index contributed by atoms with van der Waals surface area (Å²) in [7, 11) is 0. The minimum Gasteiger partial charge on any atom is -0.479 e. The lowest BCUT2D eigenvalue weighted by Gasteiger charge is -2.43. The van der Waals surface area contributed by atoms with Gasteiger partial charge < -0.3 is 15.2 Å². The van der Waals surface area contributed by atoms with Crippen molar-refractivity contribution in [3.05, 3.63) is 0 Å². The molecular formula is C7H10FNO3. The normalized spacial score (nSPS) is 38.1. The van der Waals surface area contributed by atoms with E-state index in [0.29, 0.717) is 6.54 Å². The largest absolute Gasteiger partial charge is 0.479 e. The molecule has 0 aliphatic carbocycles. The van der Waals surface area contributed by atoms with E-state index >= 15 is 0 Å². The minimum atomic E-state index is -2.13. The Balaban J connectivity index is 2.29. The van der Waals surface area contributed by atoms with Crippen LogP contribution < -0.4 is 5.32 Å². The zero-order chi connectivity index (χ0) is 8.82. The summed E-state index contributed by atoms with van der Waals surface area (Å²) in [6, 6.07) is 0. The summed E-state index contributed by atoms with van der Waals surface area (Å²) in [4.78, 5) is 10.7. The fraction of sp³-hybridized carbons (Fsp3) is 0.857. The minimum absolute atomic E-state index is 0.105. The van der Waals surface area contributed by atoms with Gasteiger partial charge in [0.05, 0.1) is 18.6 Å². The number of carboxylic acids is 1. The topological polar surface area (TPSA) is 58.6 Å². The van der Waals surface area contributed by atoms with Crippen LogP contribution in [0.4, 0.5) is 4.39 Å². The van der Waals surface area contributed by atoms with Crippen molar-refractivity contribution < 1.29 is 19.0 Å². The number of hydrogen-bond donors (Lipinski definition) is 2. The van der Waals surface area contributed by atoms with Crippen molar-refractivity contribution in [3.8, 4) is 0 Å². The second kappa shape index (κ2) is 2.17. The van der Waals surface area contributed by atoms with Crippen molar-refractivity contribution in [2.24, 2.45) is 5.41 Å². The molecule has 2 rings (SSSR count). The van der Waals surface area contributed by atoms with E-state index in [4.69, 9.17) is 9.84 Å². The molecule has 12 heavy (non-hydrogen) atoms. The van der Waals surface area contributed by atoms with Gasteiger partial charge >= 0.3 is 5.97 Å². The number of halogens is 1. The highest BCUT2D eigenvalue weighted by Gasteiger charge is 2.65. The third-order valence-corrected chi connectivity index (χ3v) is 2.77. The van der Waals surface area contributed by atoms with Crippen LogP contribution in [0.2, 0.25) is 0 Å². The van der Waals surface area contributed by atoms with E-state index in [2.05, 4.69) is 5.32 Å². The Bertz CT molecular complexity index is 229. The Morgan fingerprint density at radius 3 is 2.50 bits per heavy atom. The van der Waals surface area contributed by atoms with Crippen LogP contribution in [0.5, 0.6) is 0 Å². The lowest BCUT2D eigenvalue weighted by Crippen LogP contribution is -2.60. The van der Waals surface area contributed by atoms with Gasteiger partial charge in [-0.15, -0.1) is 0 Å². The van der Waals surface area contributed by atoms with Gasteiger partial charge in [-0.2, -0.15) is 0 Å². The molecular weight excluding hydrogens is 165 g/mol. The average molecular weight is 175 g/mol. The molecule has 0 saturated carbocycles. The number of carbonyl (C=O) groups is 1. The summed E-state index contributed by atoms with van der Waals surface area (Å²) < 4.78 is 18.7. The van der Waals surface area contributed by atoms with Crippen molar-refractivity contribution >= 4 is 5.97 Å². The molecule has 1 atom stereocenters. The van der Waals surface area contributed by atoms with Crippen LogP contribution in [-0.4, -0.2) is 43.0 Å². The van der Waals surface area contributed by atoms with Crippen molar-refractivity contribution in [1.82, 2.24) is 5.32 Å². The molecule has 5 heteroatoms. The number of aliphatic carboxylic acids is 1. The molecule has 2 heterocycles. The van der Waals surface area contributed by atoms with Gasteiger partial charge in [-0.25, -0.2) is 9.18 Å². The Morgan fingerprint density at radius 1 is 1.50 bits per heavy atom. The van der Waals surface area contributed by atoms with Gasteiger partial charge in [-0.3, -0.25) is 0 Å². The Labute approximate surface area is 68.7 Å². The maximum atomic E-state index is 13.8. The van der Waals surface area contributed by atoms with Crippen LogP contribution in [-0.2, 0) is 9.53 Å². The Kier molecular flexibility index (Phi) is 1.44. The predicted molar refractivity (Wildman–Crippen MR) is 37.6 cm³/mol. The fourth-order valence-corrected chi connectivity index (χ4v) is 1.78. The molecule has 2 aliphatic heterocycles. The quantitative estimate of drug-likeness (QED) is 0.558. The first-order valence-corrected chi connectivity index (χ1v) is 3.82. The third-order valence-electron chi connectivity index (χ3n) is 2.77. The number of hydrogen-bond acceptors (Lipinski definition) is 3. The molecule has 2 saturated heterocycles. The summed E-state index contributed by atoms with van der Waals surface area (Å²) in [5, 5.41) is 11.5. The number of rotatable bonds is 1. The summed E-state index contributed by atoms with van der Waals surface area (Å²) >= 11 is 0. The van der Waals surface area contributed by atoms with E-state index < -0.39 is 17.1 Å². The van der Waals surface area contributed by atoms with Crippen LogP contribution >= 0.6 is 0 Å². The van der Waals surface area contributed by atoms with Gasteiger partial charge in [0, 0.05) is 13.1 Å². The molecule has 0 radical (unpaired) electrons. The standard InChI is InChI=1S/C7H10FNO3/c8-7(5(10)11)2-9-1-6(7)3-12-4-6/h9H,1-4H2,(H,10,11)/t7-/m1/s1. The van der Waals surface area contributed by atoms with Crippen LogP contribution in [0.1, 0.15) is 0 Å². The second-order valence-corrected chi connectivity index (χ2v) is 3.48. The molecule has 2 N–H and O–H groups in total. The van der Waals surface area contributed by atoms with Gasteiger partial charge in [0.15, 0.2) is 0 Å². The molecule has 0 aromatic rings. The summed E-state index contributed by atoms with van der Waals surface area (Å²) in [5.74, 6) is -1.38. The van der Waals surface area contributed by atoms with Gasteiger partial charge in [0.1, 0.15) is 0 Å². The molecule has 0 aromatic heterocycles. The Morgan fingerprint density at radius 2 is 2.17 bits per heavy atom. The maximum Gasteiger partial charge on any atom is 0.343 e. The molecule has 0 unspecified atom stereocenters. The van der Waals surface area contributed by atoms with E-state index in [1.54, 1.807) is 0 Å². The van der Waals surface area contributed by atoms with Crippen molar-refractivity contribution in [1.29, 1.82) is 0 Å². The van der Waals surface area contributed by atoms with Crippen LogP contribution in [0.15, 0.2) is 0 Å². The number of alkyl halides is 1. The third kappa shape index (κ3) is 0.702. The van der Waals surface area contributed by atoms with Gasteiger partial charge in [0.25, 0.3) is 0 Å². The average Bonchev–Trinajstić information content (AvgIpc) is 2.26. The lowest BCUT2D eigenvalue weighted by atomic mass is 9.74. The van der Waals surface area contributed by atoms with Crippen molar-refractivity contribution in [2.45, 2.75) is 5.67 Å². The van der Waals surface area contributed by atoms with Crippen LogP contribution in [0.3, 0.4) is 0 Å². The SMILES string of the molecule is O=C(O)[C@]1(F)CNCC12COC2. The number of nitrogens with one attached hydrogen (secondary N) is 1. The monoisotopic (exact) mass is 175 g/mol.